The summed E-state index contributed by atoms with van der Waals surface area (Å²) in [4.78, 5) is 23.1. The lowest BCUT2D eigenvalue weighted by Crippen LogP contribution is -2.37. The fourth-order valence-corrected chi connectivity index (χ4v) is 2.37. The highest BCUT2D eigenvalue weighted by Gasteiger charge is 2.17. The number of nitrogens with one attached hydrogen (secondary N) is 1. The lowest BCUT2D eigenvalue weighted by atomic mass is 10.2. The Morgan fingerprint density at radius 3 is 2.74 bits per heavy atom. The van der Waals surface area contributed by atoms with Crippen LogP contribution in [0.3, 0.4) is 0 Å². The highest BCUT2D eigenvalue weighted by molar-refractivity contribution is 5.41. The predicted octanol–water partition coefficient (Wildman–Crippen LogP) is 0.125. The molecule has 1 fully saturated rings. The number of H-pyrrole nitrogens is 1. The molecule has 0 atom stereocenters. The molecule has 7 heteroatoms. The van der Waals surface area contributed by atoms with E-state index in [1.54, 1.807) is 0 Å². The zero-order chi connectivity index (χ0) is 13.4. The summed E-state index contributed by atoms with van der Waals surface area (Å²) in [5.41, 5.74) is 1.43. The molecule has 0 unspecified atom stereocenters. The first kappa shape index (κ1) is 12.2. The van der Waals surface area contributed by atoms with E-state index in [0.29, 0.717) is 31.4 Å². The SMILES string of the molecule is CCc1c(C)nc2nc(N3CCOCC3)[nH]n2c1=O. The smallest absolute Gasteiger partial charge is 0.277 e. The molecule has 2 aromatic rings. The number of nitrogens with zero attached hydrogens (tertiary/aromatic N) is 4. The molecule has 0 saturated carbocycles. The Labute approximate surface area is 110 Å². The fraction of sp³-hybridized carbons (Fsp3) is 0.583. The zero-order valence-corrected chi connectivity index (χ0v) is 11.1. The maximum absolute atomic E-state index is 12.3. The number of aromatic nitrogens is 4. The van der Waals surface area contributed by atoms with E-state index in [-0.39, 0.29) is 5.56 Å². The van der Waals surface area contributed by atoms with Gasteiger partial charge in [-0.15, -0.1) is 0 Å². The first-order chi connectivity index (χ1) is 9.20. The highest BCUT2D eigenvalue weighted by Crippen LogP contribution is 2.11. The third-order valence-electron chi connectivity index (χ3n) is 3.45. The van der Waals surface area contributed by atoms with Crippen molar-refractivity contribution in [3.8, 4) is 0 Å². The van der Waals surface area contributed by atoms with Gasteiger partial charge in [-0.05, 0) is 13.3 Å². The molecular formula is C12H17N5O2. The maximum atomic E-state index is 12.3. The molecule has 3 heterocycles. The van der Waals surface area contributed by atoms with Crippen LogP contribution in [0.25, 0.3) is 5.78 Å². The third kappa shape index (κ3) is 1.99. The standard InChI is InChI=1S/C12H17N5O2/c1-3-9-8(2)13-11-14-12(15-17(11)10(9)18)16-4-6-19-7-5-16/h3-7H2,1-2H3,(H,13,14,15). The van der Waals surface area contributed by atoms with Crippen LogP contribution >= 0.6 is 0 Å². The quantitative estimate of drug-likeness (QED) is 0.833. The molecule has 0 bridgehead atoms. The van der Waals surface area contributed by atoms with E-state index in [1.165, 1.54) is 4.52 Å². The molecule has 7 nitrogen and oxygen atoms in total. The Bertz CT molecular complexity index is 654. The van der Waals surface area contributed by atoms with Crippen molar-refractivity contribution in [3.63, 3.8) is 0 Å². The van der Waals surface area contributed by atoms with Gasteiger partial charge in [-0.1, -0.05) is 6.92 Å². The van der Waals surface area contributed by atoms with Crippen LogP contribution in [0.2, 0.25) is 0 Å². The minimum absolute atomic E-state index is 0.0583. The minimum Gasteiger partial charge on any atom is -0.378 e. The first-order valence-corrected chi connectivity index (χ1v) is 6.51. The number of aryl methyl sites for hydroxylation is 1. The van der Waals surface area contributed by atoms with Gasteiger partial charge in [-0.2, -0.15) is 9.50 Å². The van der Waals surface area contributed by atoms with Crippen molar-refractivity contribution < 1.29 is 4.74 Å². The topological polar surface area (TPSA) is 75.5 Å². The first-order valence-electron chi connectivity index (χ1n) is 6.51. The molecule has 102 valence electrons. The van der Waals surface area contributed by atoms with Crippen molar-refractivity contribution in [1.29, 1.82) is 0 Å². The Balaban J connectivity index is 2.10. The molecule has 19 heavy (non-hydrogen) atoms. The Morgan fingerprint density at radius 1 is 1.32 bits per heavy atom. The molecule has 0 amide bonds. The van der Waals surface area contributed by atoms with Crippen molar-refractivity contribution >= 4 is 11.7 Å². The van der Waals surface area contributed by atoms with Crippen molar-refractivity contribution in [2.24, 2.45) is 0 Å². The van der Waals surface area contributed by atoms with Gasteiger partial charge in [0.2, 0.25) is 5.95 Å². The number of hydrogen-bond donors (Lipinski definition) is 1. The van der Waals surface area contributed by atoms with Crippen molar-refractivity contribution in [2.75, 3.05) is 31.2 Å². The van der Waals surface area contributed by atoms with E-state index in [2.05, 4.69) is 20.0 Å². The van der Waals surface area contributed by atoms with Gasteiger partial charge in [0.25, 0.3) is 11.3 Å². The lowest BCUT2D eigenvalue weighted by molar-refractivity contribution is 0.122. The largest absolute Gasteiger partial charge is 0.378 e. The Hall–Kier alpha value is -1.89. The summed E-state index contributed by atoms with van der Waals surface area (Å²) in [5, 5.41) is 3.04. The van der Waals surface area contributed by atoms with E-state index >= 15 is 0 Å². The molecule has 1 saturated heterocycles. The van der Waals surface area contributed by atoms with Gasteiger partial charge in [0.1, 0.15) is 0 Å². The van der Waals surface area contributed by atoms with Crippen molar-refractivity contribution in [3.05, 3.63) is 21.6 Å². The van der Waals surface area contributed by atoms with Crippen LogP contribution in [0.15, 0.2) is 4.79 Å². The second-order valence-electron chi connectivity index (χ2n) is 4.62. The van der Waals surface area contributed by atoms with Crippen molar-refractivity contribution in [1.82, 2.24) is 19.6 Å². The lowest BCUT2D eigenvalue weighted by Gasteiger charge is -2.25. The van der Waals surface area contributed by atoms with E-state index < -0.39 is 0 Å². The van der Waals surface area contributed by atoms with Crippen LogP contribution in [0.4, 0.5) is 5.95 Å². The summed E-state index contributed by atoms with van der Waals surface area (Å²) in [6.45, 7) is 6.71. The summed E-state index contributed by atoms with van der Waals surface area (Å²) >= 11 is 0. The summed E-state index contributed by atoms with van der Waals surface area (Å²) in [5.74, 6) is 1.11. The van der Waals surface area contributed by atoms with Gasteiger partial charge in [0.05, 0.1) is 18.9 Å². The highest BCUT2D eigenvalue weighted by atomic mass is 16.5. The van der Waals surface area contributed by atoms with Gasteiger partial charge >= 0.3 is 0 Å². The number of rotatable bonds is 2. The summed E-state index contributed by atoms with van der Waals surface area (Å²) in [7, 11) is 0. The van der Waals surface area contributed by atoms with Crippen LogP contribution in [0, 0.1) is 6.92 Å². The third-order valence-corrected chi connectivity index (χ3v) is 3.45. The average Bonchev–Trinajstić information content (AvgIpc) is 2.84. The van der Waals surface area contributed by atoms with Crippen LogP contribution < -0.4 is 10.5 Å². The monoisotopic (exact) mass is 263 g/mol. The normalized spacial score (nSPS) is 16.2. The molecule has 1 aliphatic heterocycles. The molecule has 3 rings (SSSR count). The van der Waals surface area contributed by atoms with Crippen LogP contribution in [-0.4, -0.2) is 45.9 Å². The second kappa shape index (κ2) is 4.65. The molecule has 2 aromatic heterocycles. The van der Waals surface area contributed by atoms with E-state index in [0.717, 1.165) is 24.3 Å². The number of anilines is 1. The molecular weight excluding hydrogens is 246 g/mol. The second-order valence-corrected chi connectivity index (χ2v) is 4.62. The van der Waals surface area contributed by atoms with Crippen LogP contribution in [-0.2, 0) is 11.2 Å². The molecule has 1 aliphatic rings. The molecule has 0 spiro atoms. The maximum Gasteiger partial charge on any atom is 0.277 e. The minimum atomic E-state index is -0.0583. The summed E-state index contributed by atoms with van der Waals surface area (Å²) in [6.07, 6.45) is 0.673. The zero-order valence-electron chi connectivity index (χ0n) is 11.1. The Kier molecular flexibility index (Phi) is 2.98. The van der Waals surface area contributed by atoms with Crippen LogP contribution in [0.5, 0.6) is 0 Å². The Morgan fingerprint density at radius 2 is 2.05 bits per heavy atom. The van der Waals surface area contributed by atoms with Gasteiger partial charge in [-0.3, -0.25) is 9.89 Å². The number of fused-ring (bicyclic) bond motifs is 1. The van der Waals surface area contributed by atoms with Crippen LogP contribution in [0.1, 0.15) is 18.2 Å². The van der Waals surface area contributed by atoms with E-state index in [4.69, 9.17) is 4.74 Å². The van der Waals surface area contributed by atoms with E-state index in [9.17, 15) is 4.79 Å². The number of hydrogen-bond acceptors (Lipinski definition) is 5. The molecule has 0 radical (unpaired) electrons. The molecule has 0 aromatic carbocycles. The number of ether oxygens (including phenoxy) is 1. The fourth-order valence-electron chi connectivity index (χ4n) is 2.37. The van der Waals surface area contributed by atoms with E-state index in [1.807, 2.05) is 13.8 Å². The summed E-state index contributed by atoms with van der Waals surface area (Å²) in [6, 6.07) is 0. The predicted molar refractivity (Wildman–Crippen MR) is 70.8 cm³/mol. The average molecular weight is 263 g/mol. The van der Waals surface area contributed by atoms with Gasteiger partial charge in [0.15, 0.2) is 0 Å². The van der Waals surface area contributed by atoms with Gasteiger partial charge in [-0.25, -0.2) is 4.98 Å². The van der Waals surface area contributed by atoms with Crippen molar-refractivity contribution in [2.45, 2.75) is 20.3 Å². The molecule has 0 aliphatic carbocycles. The van der Waals surface area contributed by atoms with Gasteiger partial charge < -0.3 is 9.64 Å². The summed E-state index contributed by atoms with van der Waals surface area (Å²) < 4.78 is 6.73. The number of morpholine rings is 1. The van der Waals surface area contributed by atoms with Gasteiger partial charge in [0, 0.05) is 18.7 Å². The molecule has 1 N–H and O–H groups in total. The number of aromatic amines is 1.